The van der Waals surface area contributed by atoms with Crippen molar-refractivity contribution in [3.05, 3.63) is 100 Å². The van der Waals surface area contributed by atoms with E-state index in [0.717, 1.165) is 33.3 Å². The molecule has 0 bridgehead atoms. The van der Waals surface area contributed by atoms with Crippen molar-refractivity contribution in [2.45, 2.75) is 25.8 Å². The van der Waals surface area contributed by atoms with E-state index in [-0.39, 0.29) is 5.91 Å². The van der Waals surface area contributed by atoms with Crippen LogP contribution in [0.1, 0.15) is 27.0 Å². The van der Waals surface area contributed by atoms with Gasteiger partial charge < -0.3 is 20.4 Å². The summed E-state index contributed by atoms with van der Waals surface area (Å²) in [5.41, 5.74) is 4.39. The normalized spacial score (nSPS) is 11.7. The molecule has 4 rings (SSSR count). The highest BCUT2D eigenvalue weighted by Crippen LogP contribution is 2.21. The highest BCUT2D eigenvalue weighted by atomic mass is 35.5. The van der Waals surface area contributed by atoms with Crippen molar-refractivity contribution in [3.8, 4) is 5.75 Å². The van der Waals surface area contributed by atoms with Crippen molar-refractivity contribution < 1.29 is 14.3 Å². The molecule has 1 heterocycles. The van der Waals surface area contributed by atoms with Gasteiger partial charge in [-0.05, 0) is 48.7 Å². The molecule has 0 saturated carbocycles. The maximum atomic E-state index is 13.3. The number of para-hydroxylation sites is 1. The number of carbonyl (C=O) groups is 2. The van der Waals surface area contributed by atoms with Crippen LogP contribution >= 0.6 is 11.6 Å². The van der Waals surface area contributed by atoms with Gasteiger partial charge in [-0.1, -0.05) is 59.6 Å². The van der Waals surface area contributed by atoms with Crippen molar-refractivity contribution in [2.24, 2.45) is 0 Å². The molecule has 1 unspecified atom stereocenters. The first-order valence-corrected chi connectivity index (χ1v) is 11.9. The van der Waals surface area contributed by atoms with Crippen molar-refractivity contribution in [1.29, 1.82) is 0 Å². The first-order valence-electron chi connectivity index (χ1n) is 11.5. The number of aryl methyl sites for hydroxylation is 1. The van der Waals surface area contributed by atoms with E-state index >= 15 is 0 Å². The molecule has 7 heteroatoms. The number of amides is 2. The van der Waals surface area contributed by atoms with Crippen LogP contribution in [0.3, 0.4) is 0 Å². The van der Waals surface area contributed by atoms with E-state index in [4.69, 9.17) is 16.3 Å². The summed E-state index contributed by atoms with van der Waals surface area (Å²) in [6.45, 7) is 2.42. The molecule has 0 aliphatic heterocycles. The summed E-state index contributed by atoms with van der Waals surface area (Å²) in [5, 5.41) is 7.22. The number of aromatic nitrogens is 1. The molecule has 0 aliphatic carbocycles. The number of hydrogen-bond acceptors (Lipinski definition) is 3. The van der Waals surface area contributed by atoms with E-state index in [2.05, 4.69) is 15.6 Å². The molecule has 0 aliphatic rings. The Labute approximate surface area is 209 Å². The predicted octanol–water partition coefficient (Wildman–Crippen LogP) is 4.84. The van der Waals surface area contributed by atoms with Crippen LogP contribution in [-0.4, -0.2) is 36.5 Å². The van der Waals surface area contributed by atoms with Gasteiger partial charge in [0.15, 0.2) is 0 Å². The largest absolute Gasteiger partial charge is 0.496 e. The Kier molecular flexibility index (Phi) is 7.73. The highest BCUT2D eigenvalue weighted by Gasteiger charge is 2.24. The van der Waals surface area contributed by atoms with Crippen LogP contribution in [-0.2, 0) is 17.6 Å². The second-order valence-electron chi connectivity index (χ2n) is 8.43. The lowest BCUT2D eigenvalue weighted by atomic mass is 10.0. The zero-order valence-electron chi connectivity index (χ0n) is 19.7. The number of aromatic amines is 1. The minimum absolute atomic E-state index is 0.262. The molecule has 0 radical (unpaired) electrons. The fourth-order valence-corrected chi connectivity index (χ4v) is 4.38. The number of halogens is 1. The zero-order chi connectivity index (χ0) is 24.8. The van der Waals surface area contributed by atoms with E-state index < -0.39 is 11.9 Å². The second-order valence-corrected chi connectivity index (χ2v) is 8.83. The Morgan fingerprint density at radius 1 is 1.03 bits per heavy atom. The number of benzene rings is 3. The molecule has 1 aromatic heterocycles. The second kappa shape index (κ2) is 11.1. The Hall–Kier alpha value is -3.77. The third-order valence-corrected chi connectivity index (χ3v) is 6.30. The standard InChI is InChI=1S/C28H28ClN3O3/c1-18-11-12-26(35-2)19(15-18)13-14-30-28(34)25(32-27(33)22-8-3-5-9-23(22)29)16-20-17-31-24-10-6-4-7-21(20)24/h3-12,15,17,25,31H,13-14,16H2,1-2H3,(H,30,34)(H,32,33). The van der Waals surface area contributed by atoms with Gasteiger partial charge in [-0.25, -0.2) is 0 Å². The minimum atomic E-state index is -0.780. The van der Waals surface area contributed by atoms with Gasteiger partial charge in [0.2, 0.25) is 5.91 Å². The third kappa shape index (κ3) is 5.84. The Bertz CT molecular complexity index is 1350. The Balaban J connectivity index is 1.51. The molecular formula is C28H28ClN3O3. The fourth-order valence-electron chi connectivity index (χ4n) is 4.16. The van der Waals surface area contributed by atoms with Crippen LogP contribution in [0, 0.1) is 6.92 Å². The molecule has 2 amide bonds. The topological polar surface area (TPSA) is 83.2 Å². The minimum Gasteiger partial charge on any atom is -0.496 e. The van der Waals surface area contributed by atoms with E-state index in [1.807, 2.05) is 55.6 Å². The molecule has 35 heavy (non-hydrogen) atoms. The number of fused-ring (bicyclic) bond motifs is 1. The van der Waals surface area contributed by atoms with Gasteiger partial charge in [0.05, 0.1) is 17.7 Å². The summed E-state index contributed by atoms with van der Waals surface area (Å²) in [4.78, 5) is 29.5. The van der Waals surface area contributed by atoms with Crippen LogP contribution in [0.15, 0.2) is 72.9 Å². The Morgan fingerprint density at radius 3 is 2.60 bits per heavy atom. The summed E-state index contributed by atoms with van der Waals surface area (Å²) in [6, 6.07) is 19.9. The first-order chi connectivity index (χ1) is 17.0. The number of hydrogen-bond donors (Lipinski definition) is 3. The van der Waals surface area contributed by atoms with Crippen LogP contribution in [0.2, 0.25) is 5.02 Å². The van der Waals surface area contributed by atoms with Gasteiger partial charge in [-0.2, -0.15) is 0 Å². The lowest BCUT2D eigenvalue weighted by Gasteiger charge is -2.19. The van der Waals surface area contributed by atoms with Gasteiger partial charge in [-0.15, -0.1) is 0 Å². The quantitative estimate of drug-likeness (QED) is 0.314. The number of carbonyl (C=O) groups excluding carboxylic acids is 2. The van der Waals surface area contributed by atoms with E-state index in [9.17, 15) is 9.59 Å². The van der Waals surface area contributed by atoms with Crippen LogP contribution in [0.5, 0.6) is 5.75 Å². The van der Waals surface area contributed by atoms with Gasteiger partial charge in [0.1, 0.15) is 11.8 Å². The fraction of sp³-hybridized carbons (Fsp3) is 0.214. The molecule has 0 saturated heterocycles. The van der Waals surface area contributed by atoms with Gasteiger partial charge in [0, 0.05) is 30.1 Å². The number of H-pyrrole nitrogens is 1. The van der Waals surface area contributed by atoms with Crippen molar-refractivity contribution in [3.63, 3.8) is 0 Å². The predicted molar refractivity (Wildman–Crippen MR) is 139 cm³/mol. The lowest BCUT2D eigenvalue weighted by Crippen LogP contribution is -2.48. The summed E-state index contributed by atoms with van der Waals surface area (Å²) < 4.78 is 5.44. The van der Waals surface area contributed by atoms with Crippen LogP contribution in [0.25, 0.3) is 10.9 Å². The van der Waals surface area contributed by atoms with E-state index in [1.165, 1.54) is 0 Å². The van der Waals surface area contributed by atoms with Crippen molar-refractivity contribution in [2.75, 3.05) is 13.7 Å². The molecule has 0 fully saturated rings. The average molecular weight is 490 g/mol. The van der Waals surface area contributed by atoms with Gasteiger partial charge in [-0.3, -0.25) is 9.59 Å². The van der Waals surface area contributed by atoms with Crippen molar-refractivity contribution >= 4 is 34.3 Å². The zero-order valence-corrected chi connectivity index (χ0v) is 20.5. The molecule has 3 aromatic carbocycles. The SMILES string of the molecule is COc1ccc(C)cc1CCNC(=O)C(Cc1c[nH]c2ccccc12)NC(=O)c1ccccc1Cl. The third-order valence-electron chi connectivity index (χ3n) is 5.97. The molecule has 6 nitrogen and oxygen atoms in total. The highest BCUT2D eigenvalue weighted by molar-refractivity contribution is 6.33. The van der Waals surface area contributed by atoms with Crippen LogP contribution in [0.4, 0.5) is 0 Å². The molecule has 1 atom stereocenters. The maximum absolute atomic E-state index is 13.3. The van der Waals surface area contributed by atoms with Crippen molar-refractivity contribution in [1.82, 2.24) is 15.6 Å². The number of rotatable bonds is 9. The van der Waals surface area contributed by atoms with Gasteiger partial charge >= 0.3 is 0 Å². The number of methoxy groups -OCH3 is 1. The maximum Gasteiger partial charge on any atom is 0.253 e. The average Bonchev–Trinajstić information content (AvgIpc) is 3.26. The molecule has 180 valence electrons. The summed E-state index contributed by atoms with van der Waals surface area (Å²) in [7, 11) is 1.63. The first kappa shape index (κ1) is 24.4. The summed E-state index contributed by atoms with van der Waals surface area (Å²) in [5.74, 6) is 0.130. The van der Waals surface area contributed by atoms with Crippen LogP contribution < -0.4 is 15.4 Å². The van der Waals surface area contributed by atoms with E-state index in [0.29, 0.717) is 30.0 Å². The van der Waals surface area contributed by atoms with E-state index in [1.54, 1.807) is 31.4 Å². The number of nitrogens with one attached hydrogen (secondary N) is 3. The molecule has 4 aromatic rings. The van der Waals surface area contributed by atoms with Gasteiger partial charge in [0.25, 0.3) is 5.91 Å². The summed E-state index contributed by atoms with van der Waals surface area (Å²) >= 11 is 6.22. The number of ether oxygens (including phenoxy) is 1. The molecular weight excluding hydrogens is 462 g/mol. The smallest absolute Gasteiger partial charge is 0.253 e. The summed E-state index contributed by atoms with van der Waals surface area (Å²) in [6.07, 6.45) is 2.82. The molecule has 0 spiro atoms. The Morgan fingerprint density at radius 2 is 1.80 bits per heavy atom. The lowest BCUT2D eigenvalue weighted by molar-refractivity contribution is -0.122. The molecule has 3 N–H and O–H groups in total. The monoisotopic (exact) mass is 489 g/mol.